The Hall–Kier alpha value is -1.91. The van der Waals surface area contributed by atoms with E-state index in [0.29, 0.717) is 5.75 Å². The van der Waals surface area contributed by atoms with Crippen molar-refractivity contribution in [2.45, 2.75) is 0 Å². The Morgan fingerprint density at radius 2 is 2.29 bits per heavy atom. The highest BCUT2D eigenvalue weighted by Crippen LogP contribution is 2.29. The van der Waals surface area contributed by atoms with E-state index in [4.69, 9.17) is 4.74 Å². The number of hydrogen-bond donors (Lipinski definition) is 0. The second-order valence-corrected chi connectivity index (χ2v) is 2.57. The molecule has 0 fully saturated rings. The molecule has 0 radical (unpaired) electrons. The first kappa shape index (κ1) is 8.68. The van der Waals surface area contributed by atoms with Gasteiger partial charge in [0.1, 0.15) is 17.1 Å². The first-order valence-electron chi connectivity index (χ1n) is 3.92. The van der Waals surface area contributed by atoms with Crippen LogP contribution in [0.3, 0.4) is 0 Å². The van der Waals surface area contributed by atoms with Crippen LogP contribution >= 0.6 is 0 Å². The topological polar surface area (TPSA) is 48.2 Å². The molecule has 1 aromatic carbocycles. The number of aromatic nitrogens is 2. The van der Waals surface area contributed by atoms with Gasteiger partial charge in [-0.1, -0.05) is 11.2 Å². The maximum Gasteiger partial charge on any atom is 0.214 e. The van der Waals surface area contributed by atoms with Gasteiger partial charge in [-0.3, -0.25) is 0 Å². The average molecular weight is 194 g/mol. The van der Waals surface area contributed by atoms with Crippen molar-refractivity contribution in [3.05, 3.63) is 30.4 Å². The molecule has 0 saturated carbocycles. The first-order valence-corrected chi connectivity index (χ1v) is 3.92. The van der Waals surface area contributed by atoms with Crippen LogP contribution in [0.4, 0.5) is 4.39 Å². The Morgan fingerprint density at radius 3 is 2.93 bits per heavy atom. The monoisotopic (exact) mass is 194 g/mol. The molecule has 0 N–H and O–H groups in total. The van der Waals surface area contributed by atoms with Crippen LogP contribution in [0.5, 0.6) is 5.75 Å². The summed E-state index contributed by atoms with van der Waals surface area (Å²) in [5, 5.41) is 3.55. The fourth-order valence-corrected chi connectivity index (χ4v) is 1.17. The Balaban J connectivity index is 2.61. The van der Waals surface area contributed by atoms with Gasteiger partial charge in [0.05, 0.1) is 7.11 Å². The van der Waals surface area contributed by atoms with E-state index in [1.807, 2.05) is 0 Å². The molecule has 0 spiro atoms. The van der Waals surface area contributed by atoms with Gasteiger partial charge in [-0.05, 0) is 12.1 Å². The Morgan fingerprint density at radius 1 is 1.43 bits per heavy atom. The molecule has 72 valence electrons. The molecule has 0 atom stereocenters. The maximum atomic E-state index is 13.4. The number of benzene rings is 1. The standard InChI is InChI=1S/C9H7FN2O2/c1-13-7-4-2-3-6(10)8(7)9-11-5-14-12-9/h2-5H,1H3. The van der Waals surface area contributed by atoms with Crippen molar-refractivity contribution >= 4 is 0 Å². The van der Waals surface area contributed by atoms with Crippen LogP contribution in [-0.4, -0.2) is 17.3 Å². The third kappa shape index (κ3) is 1.32. The normalized spacial score (nSPS) is 10.1. The van der Waals surface area contributed by atoms with Gasteiger partial charge in [-0.15, -0.1) is 0 Å². The lowest BCUT2D eigenvalue weighted by atomic mass is 10.2. The zero-order valence-corrected chi connectivity index (χ0v) is 7.40. The van der Waals surface area contributed by atoms with Crippen molar-refractivity contribution in [3.63, 3.8) is 0 Å². The van der Waals surface area contributed by atoms with Gasteiger partial charge in [-0.25, -0.2) is 4.39 Å². The maximum absolute atomic E-state index is 13.4. The Kier molecular flexibility index (Phi) is 2.14. The first-order chi connectivity index (χ1) is 6.83. The molecular formula is C9H7FN2O2. The quantitative estimate of drug-likeness (QED) is 0.732. The average Bonchev–Trinajstić information content (AvgIpc) is 2.70. The van der Waals surface area contributed by atoms with Crippen LogP contribution in [0.15, 0.2) is 29.1 Å². The molecule has 0 aliphatic heterocycles. The minimum Gasteiger partial charge on any atom is -0.496 e. The zero-order chi connectivity index (χ0) is 9.97. The molecule has 0 aliphatic rings. The molecule has 0 bridgehead atoms. The molecule has 0 saturated heterocycles. The van der Waals surface area contributed by atoms with Gasteiger partial charge >= 0.3 is 0 Å². The second-order valence-electron chi connectivity index (χ2n) is 2.57. The van der Waals surface area contributed by atoms with Crippen molar-refractivity contribution in [3.8, 4) is 17.1 Å². The number of rotatable bonds is 2. The number of nitrogens with zero attached hydrogens (tertiary/aromatic N) is 2. The Bertz CT molecular complexity index is 428. The molecule has 0 amide bonds. The summed E-state index contributed by atoms with van der Waals surface area (Å²) in [6.45, 7) is 0. The highest BCUT2D eigenvalue weighted by molar-refractivity contribution is 5.64. The van der Waals surface area contributed by atoms with Gasteiger partial charge in [0.15, 0.2) is 0 Å². The van der Waals surface area contributed by atoms with Gasteiger partial charge in [0.25, 0.3) is 0 Å². The van der Waals surface area contributed by atoms with E-state index in [0.717, 1.165) is 6.39 Å². The van der Waals surface area contributed by atoms with E-state index in [1.54, 1.807) is 12.1 Å². The van der Waals surface area contributed by atoms with Gasteiger partial charge in [0.2, 0.25) is 12.2 Å². The van der Waals surface area contributed by atoms with Crippen molar-refractivity contribution in [1.82, 2.24) is 10.1 Å². The van der Waals surface area contributed by atoms with Crippen LogP contribution < -0.4 is 4.74 Å². The van der Waals surface area contributed by atoms with E-state index in [1.165, 1.54) is 13.2 Å². The van der Waals surface area contributed by atoms with E-state index >= 15 is 0 Å². The van der Waals surface area contributed by atoms with Crippen molar-refractivity contribution < 1.29 is 13.7 Å². The molecule has 5 heteroatoms. The van der Waals surface area contributed by atoms with Crippen LogP contribution in [0.2, 0.25) is 0 Å². The number of hydrogen-bond acceptors (Lipinski definition) is 4. The fourth-order valence-electron chi connectivity index (χ4n) is 1.17. The smallest absolute Gasteiger partial charge is 0.214 e. The summed E-state index contributed by atoms with van der Waals surface area (Å²) in [6, 6.07) is 4.50. The molecule has 4 nitrogen and oxygen atoms in total. The highest BCUT2D eigenvalue weighted by atomic mass is 19.1. The lowest BCUT2D eigenvalue weighted by Crippen LogP contribution is -1.92. The molecular weight excluding hydrogens is 187 g/mol. The third-order valence-corrected chi connectivity index (χ3v) is 1.78. The second kappa shape index (κ2) is 3.45. The van der Waals surface area contributed by atoms with E-state index in [-0.39, 0.29) is 11.4 Å². The summed E-state index contributed by atoms with van der Waals surface area (Å²) < 4.78 is 22.9. The third-order valence-electron chi connectivity index (χ3n) is 1.78. The molecule has 1 aromatic heterocycles. The van der Waals surface area contributed by atoms with Gasteiger partial charge in [-0.2, -0.15) is 4.98 Å². The van der Waals surface area contributed by atoms with Crippen LogP contribution in [-0.2, 0) is 0 Å². The predicted molar refractivity (Wildman–Crippen MR) is 46.2 cm³/mol. The van der Waals surface area contributed by atoms with Gasteiger partial charge in [0, 0.05) is 0 Å². The number of ether oxygens (including phenoxy) is 1. The predicted octanol–water partition coefficient (Wildman–Crippen LogP) is 1.88. The molecule has 14 heavy (non-hydrogen) atoms. The molecule has 0 unspecified atom stereocenters. The molecule has 0 aliphatic carbocycles. The summed E-state index contributed by atoms with van der Waals surface area (Å²) in [4.78, 5) is 3.76. The number of halogens is 1. The lowest BCUT2D eigenvalue weighted by molar-refractivity contribution is 0.407. The summed E-state index contributed by atoms with van der Waals surface area (Å²) in [7, 11) is 1.46. The summed E-state index contributed by atoms with van der Waals surface area (Å²) in [5.41, 5.74) is 0.212. The zero-order valence-electron chi connectivity index (χ0n) is 7.40. The van der Waals surface area contributed by atoms with Crippen LogP contribution in [0, 0.1) is 5.82 Å². The Labute approximate surface area is 79.3 Å². The van der Waals surface area contributed by atoms with E-state index in [2.05, 4.69) is 14.7 Å². The summed E-state index contributed by atoms with van der Waals surface area (Å²) in [5.74, 6) is 0.122. The fraction of sp³-hybridized carbons (Fsp3) is 0.111. The van der Waals surface area contributed by atoms with E-state index < -0.39 is 5.82 Å². The van der Waals surface area contributed by atoms with Crippen molar-refractivity contribution in [1.29, 1.82) is 0 Å². The lowest BCUT2D eigenvalue weighted by Gasteiger charge is -2.04. The van der Waals surface area contributed by atoms with Crippen molar-refractivity contribution in [2.75, 3.05) is 7.11 Å². The van der Waals surface area contributed by atoms with Gasteiger partial charge < -0.3 is 9.26 Å². The largest absolute Gasteiger partial charge is 0.496 e. The van der Waals surface area contributed by atoms with Crippen molar-refractivity contribution in [2.24, 2.45) is 0 Å². The molecule has 2 rings (SSSR count). The minimum atomic E-state index is -0.439. The van der Waals surface area contributed by atoms with Crippen LogP contribution in [0.25, 0.3) is 11.4 Å². The summed E-state index contributed by atoms with van der Waals surface area (Å²) >= 11 is 0. The van der Waals surface area contributed by atoms with E-state index in [9.17, 15) is 4.39 Å². The molecule has 1 heterocycles. The van der Waals surface area contributed by atoms with Crippen LogP contribution in [0.1, 0.15) is 0 Å². The highest BCUT2D eigenvalue weighted by Gasteiger charge is 2.14. The summed E-state index contributed by atoms with van der Waals surface area (Å²) in [6.07, 6.45) is 1.14. The molecule has 2 aromatic rings. The minimum absolute atomic E-state index is 0.181. The number of methoxy groups -OCH3 is 1. The SMILES string of the molecule is COc1cccc(F)c1-c1ncon1.